The predicted molar refractivity (Wildman–Crippen MR) is 124 cm³/mol. The van der Waals surface area contributed by atoms with E-state index in [4.69, 9.17) is 14.5 Å². The van der Waals surface area contributed by atoms with Gasteiger partial charge in [0.15, 0.2) is 5.96 Å². The van der Waals surface area contributed by atoms with E-state index in [1.165, 1.54) is 5.56 Å². The lowest BCUT2D eigenvalue weighted by molar-refractivity contribution is 0.382. The molecule has 2 N–H and O–H groups in total. The molecule has 0 radical (unpaired) electrons. The standard InChI is InChI=1S/C20H31N5O2.HI/c1-6-21-20(22-11-7-8-16-13-23-24-15(16)2)25(3)14-17-9-10-18(26-4)12-19(17)27-5;/h9-10,12-13H,6-8,11,14H2,1-5H3,(H,21,22)(H,23,24);1H. The molecule has 8 heteroatoms. The van der Waals surface area contributed by atoms with Gasteiger partial charge in [-0.25, -0.2) is 0 Å². The van der Waals surface area contributed by atoms with Gasteiger partial charge in [-0.1, -0.05) is 0 Å². The molecule has 0 aliphatic heterocycles. The first-order chi connectivity index (χ1) is 13.1. The molecule has 2 aromatic rings. The average Bonchev–Trinajstić information content (AvgIpc) is 3.09. The fourth-order valence-corrected chi connectivity index (χ4v) is 2.86. The maximum Gasteiger partial charge on any atom is 0.193 e. The van der Waals surface area contributed by atoms with E-state index < -0.39 is 0 Å². The highest BCUT2D eigenvalue weighted by atomic mass is 127. The number of aliphatic imine (C=N–C) groups is 1. The third kappa shape index (κ3) is 6.88. The largest absolute Gasteiger partial charge is 0.497 e. The number of aryl methyl sites for hydroxylation is 2. The minimum atomic E-state index is 0. The summed E-state index contributed by atoms with van der Waals surface area (Å²) in [5.41, 5.74) is 3.47. The zero-order chi connectivity index (χ0) is 19.6. The van der Waals surface area contributed by atoms with Gasteiger partial charge in [0.1, 0.15) is 11.5 Å². The molecule has 1 aromatic carbocycles. The van der Waals surface area contributed by atoms with Crippen molar-refractivity contribution in [3.8, 4) is 11.5 Å². The molecular formula is C20H32IN5O2. The molecule has 0 fully saturated rings. The van der Waals surface area contributed by atoms with E-state index in [0.717, 1.165) is 54.6 Å². The van der Waals surface area contributed by atoms with E-state index in [1.807, 2.05) is 38.4 Å². The van der Waals surface area contributed by atoms with Crippen LogP contribution in [0.25, 0.3) is 0 Å². The van der Waals surface area contributed by atoms with Gasteiger partial charge in [0.2, 0.25) is 0 Å². The van der Waals surface area contributed by atoms with Crippen LogP contribution < -0.4 is 14.8 Å². The highest BCUT2D eigenvalue weighted by Gasteiger charge is 2.11. The van der Waals surface area contributed by atoms with Crippen LogP contribution >= 0.6 is 24.0 Å². The molecule has 0 aliphatic rings. The molecule has 1 heterocycles. The van der Waals surface area contributed by atoms with Crippen LogP contribution in [-0.2, 0) is 13.0 Å². The molecule has 0 unspecified atom stereocenters. The number of rotatable bonds is 9. The summed E-state index contributed by atoms with van der Waals surface area (Å²) in [6.07, 6.45) is 3.85. The maximum absolute atomic E-state index is 5.50. The van der Waals surface area contributed by atoms with Gasteiger partial charge in [-0.2, -0.15) is 5.10 Å². The molecular weight excluding hydrogens is 469 g/mol. The first kappa shape index (κ1) is 24.1. The molecule has 1 aromatic heterocycles. The fraction of sp³-hybridized carbons (Fsp3) is 0.500. The molecule has 0 bridgehead atoms. The summed E-state index contributed by atoms with van der Waals surface area (Å²) in [5.74, 6) is 2.49. The number of benzene rings is 1. The lowest BCUT2D eigenvalue weighted by atomic mass is 10.1. The quantitative estimate of drug-likeness (QED) is 0.239. The van der Waals surface area contributed by atoms with E-state index in [1.54, 1.807) is 14.2 Å². The Morgan fingerprint density at radius 1 is 1.25 bits per heavy atom. The number of aromatic nitrogens is 2. The van der Waals surface area contributed by atoms with Crippen molar-refractivity contribution < 1.29 is 9.47 Å². The van der Waals surface area contributed by atoms with Gasteiger partial charge in [0, 0.05) is 44.0 Å². The second-order valence-electron chi connectivity index (χ2n) is 6.39. The fourth-order valence-electron chi connectivity index (χ4n) is 2.86. The summed E-state index contributed by atoms with van der Waals surface area (Å²) in [5, 5.41) is 10.4. The van der Waals surface area contributed by atoms with Crippen LogP contribution in [0, 0.1) is 6.92 Å². The van der Waals surface area contributed by atoms with E-state index in [9.17, 15) is 0 Å². The Morgan fingerprint density at radius 2 is 2.04 bits per heavy atom. The Kier molecular flexibility index (Phi) is 10.7. The van der Waals surface area contributed by atoms with Crippen molar-refractivity contribution in [1.82, 2.24) is 20.4 Å². The lowest BCUT2D eigenvalue weighted by Gasteiger charge is -2.23. The molecule has 156 valence electrons. The van der Waals surface area contributed by atoms with Crippen LogP contribution in [-0.4, -0.2) is 55.4 Å². The van der Waals surface area contributed by atoms with Gasteiger partial charge >= 0.3 is 0 Å². The van der Waals surface area contributed by atoms with Crippen LogP contribution in [0.2, 0.25) is 0 Å². The lowest BCUT2D eigenvalue weighted by Crippen LogP contribution is -2.38. The molecule has 28 heavy (non-hydrogen) atoms. The zero-order valence-electron chi connectivity index (χ0n) is 17.4. The van der Waals surface area contributed by atoms with Crippen molar-refractivity contribution in [3.05, 3.63) is 41.2 Å². The molecule has 0 atom stereocenters. The summed E-state index contributed by atoms with van der Waals surface area (Å²) in [7, 11) is 5.36. The number of nitrogens with one attached hydrogen (secondary N) is 2. The molecule has 7 nitrogen and oxygen atoms in total. The number of nitrogens with zero attached hydrogens (tertiary/aromatic N) is 3. The number of hydrogen-bond donors (Lipinski definition) is 2. The van der Waals surface area contributed by atoms with Crippen LogP contribution in [0.4, 0.5) is 0 Å². The zero-order valence-corrected chi connectivity index (χ0v) is 19.7. The van der Waals surface area contributed by atoms with Gasteiger partial charge in [-0.15, -0.1) is 24.0 Å². The van der Waals surface area contributed by atoms with Crippen molar-refractivity contribution >= 4 is 29.9 Å². The molecule has 0 saturated carbocycles. The number of ether oxygens (including phenoxy) is 2. The summed E-state index contributed by atoms with van der Waals surface area (Å²) < 4.78 is 10.8. The maximum atomic E-state index is 5.50. The summed E-state index contributed by atoms with van der Waals surface area (Å²) in [6.45, 7) is 6.40. The van der Waals surface area contributed by atoms with Crippen molar-refractivity contribution in [1.29, 1.82) is 0 Å². The van der Waals surface area contributed by atoms with Gasteiger partial charge in [0.25, 0.3) is 0 Å². The molecule has 0 amide bonds. The Labute approximate surface area is 184 Å². The Bertz CT molecular complexity index is 748. The Hall–Kier alpha value is -1.97. The second kappa shape index (κ2) is 12.5. The van der Waals surface area contributed by atoms with E-state index in [-0.39, 0.29) is 24.0 Å². The number of aromatic amines is 1. The minimum Gasteiger partial charge on any atom is -0.497 e. The smallest absolute Gasteiger partial charge is 0.193 e. The normalized spacial score (nSPS) is 11.0. The van der Waals surface area contributed by atoms with E-state index in [2.05, 4.69) is 27.3 Å². The first-order valence-corrected chi connectivity index (χ1v) is 9.28. The van der Waals surface area contributed by atoms with Crippen molar-refractivity contribution in [2.75, 3.05) is 34.4 Å². The monoisotopic (exact) mass is 501 g/mol. The number of hydrogen-bond acceptors (Lipinski definition) is 4. The Balaban J connectivity index is 0.00000392. The summed E-state index contributed by atoms with van der Waals surface area (Å²) in [6, 6.07) is 5.88. The molecule has 0 saturated heterocycles. The second-order valence-corrected chi connectivity index (χ2v) is 6.39. The number of guanidine groups is 1. The minimum absolute atomic E-state index is 0. The highest BCUT2D eigenvalue weighted by Crippen LogP contribution is 2.25. The third-order valence-corrected chi connectivity index (χ3v) is 4.40. The number of methoxy groups -OCH3 is 2. The first-order valence-electron chi connectivity index (χ1n) is 9.28. The highest BCUT2D eigenvalue weighted by molar-refractivity contribution is 14.0. The average molecular weight is 501 g/mol. The summed E-state index contributed by atoms with van der Waals surface area (Å²) in [4.78, 5) is 6.87. The Morgan fingerprint density at radius 3 is 2.64 bits per heavy atom. The van der Waals surface area contributed by atoms with Crippen LogP contribution in [0.3, 0.4) is 0 Å². The molecule has 2 rings (SSSR count). The van der Waals surface area contributed by atoms with Gasteiger partial charge < -0.3 is 19.7 Å². The van der Waals surface area contributed by atoms with Crippen molar-refractivity contribution in [2.24, 2.45) is 4.99 Å². The summed E-state index contributed by atoms with van der Waals surface area (Å²) >= 11 is 0. The van der Waals surface area contributed by atoms with Crippen molar-refractivity contribution in [3.63, 3.8) is 0 Å². The third-order valence-electron chi connectivity index (χ3n) is 4.40. The van der Waals surface area contributed by atoms with E-state index >= 15 is 0 Å². The predicted octanol–water partition coefficient (Wildman–Crippen LogP) is 3.38. The topological polar surface area (TPSA) is 74.8 Å². The van der Waals surface area contributed by atoms with Crippen molar-refractivity contribution in [2.45, 2.75) is 33.2 Å². The number of halogens is 1. The van der Waals surface area contributed by atoms with Gasteiger partial charge in [0.05, 0.1) is 20.4 Å². The van der Waals surface area contributed by atoms with Crippen LogP contribution in [0.15, 0.2) is 29.4 Å². The van der Waals surface area contributed by atoms with Gasteiger partial charge in [-0.05, 0) is 44.4 Å². The SMILES string of the molecule is CCNC(=NCCCc1cn[nH]c1C)N(C)Cc1ccc(OC)cc1OC.I. The van der Waals surface area contributed by atoms with Crippen LogP contribution in [0.1, 0.15) is 30.2 Å². The number of H-pyrrole nitrogens is 1. The van der Waals surface area contributed by atoms with Gasteiger partial charge in [-0.3, -0.25) is 10.1 Å². The molecule has 0 spiro atoms. The van der Waals surface area contributed by atoms with E-state index in [0.29, 0.717) is 6.54 Å². The molecule has 0 aliphatic carbocycles. The van der Waals surface area contributed by atoms with Crippen LogP contribution in [0.5, 0.6) is 11.5 Å².